The summed E-state index contributed by atoms with van der Waals surface area (Å²) in [5, 5.41) is 3.17. The highest BCUT2D eigenvalue weighted by atomic mass is 32.1. The highest BCUT2D eigenvalue weighted by molar-refractivity contribution is 7.80. The van der Waals surface area contributed by atoms with Crippen LogP contribution in [0.5, 0.6) is 0 Å². The molecule has 2 aliphatic rings. The van der Waals surface area contributed by atoms with Crippen LogP contribution in [0.2, 0.25) is 0 Å². The third-order valence-electron chi connectivity index (χ3n) is 6.23. The van der Waals surface area contributed by atoms with Crippen LogP contribution >= 0.6 is 12.2 Å². The summed E-state index contributed by atoms with van der Waals surface area (Å²) in [6, 6.07) is -0.258. The van der Waals surface area contributed by atoms with Crippen molar-refractivity contribution >= 4 is 29.0 Å². The van der Waals surface area contributed by atoms with Gasteiger partial charge in [0.25, 0.3) is 0 Å². The molecule has 2 atom stereocenters. The zero-order valence-corrected chi connectivity index (χ0v) is 19.5. The summed E-state index contributed by atoms with van der Waals surface area (Å²) in [6.07, 6.45) is 6.94. The number of carbonyl (C=O) groups is 2. The van der Waals surface area contributed by atoms with Crippen molar-refractivity contribution in [1.82, 2.24) is 15.1 Å². The van der Waals surface area contributed by atoms with Gasteiger partial charge in [-0.25, -0.2) is 0 Å². The fraction of sp³-hybridized carbons (Fsp3) is 0.864. The van der Waals surface area contributed by atoms with Gasteiger partial charge in [-0.1, -0.05) is 52.8 Å². The molecule has 6 nitrogen and oxygen atoms in total. The molecule has 166 valence electrons. The molecule has 0 spiro atoms. The first-order valence-electron chi connectivity index (χ1n) is 11.2. The van der Waals surface area contributed by atoms with E-state index in [9.17, 15) is 9.59 Å². The molecule has 3 N–H and O–H groups in total. The minimum Gasteiger partial charge on any atom is -0.367 e. The van der Waals surface area contributed by atoms with Crippen LogP contribution in [0.3, 0.4) is 0 Å². The number of nitrogens with zero attached hydrogens (tertiary/aromatic N) is 2. The van der Waals surface area contributed by atoms with Crippen molar-refractivity contribution in [2.45, 2.75) is 84.7 Å². The Labute approximate surface area is 181 Å². The molecule has 2 rings (SSSR count). The predicted molar refractivity (Wildman–Crippen MR) is 122 cm³/mol. The van der Waals surface area contributed by atoms with Crippen molar-refractivity contribution in [3.8, 4) is 0 Å². The van der Waals surface area contributed by atoms with Crippen molar-refractivity contribution < 1.29 is 9.59 Å². The zero-order chi connectivity index (χ0) is 21.6. The number of amides is 2. The number of carbonyl (C=O) groups excluding carboxylic acids is 2. The molecule has 0 aromatic carbocycles. The lowest BCUT2D eigenvalue weighted by Gasteiger charge is -2.40. The summed E-state index contributed by atoms with van der Waals surface area (Å²) in [7, 11) is 0. The summed E-state index contributed by atoms with van der Waals surface area (Å²) in [5.41, 5.74) is 5.36. The Balaban J connectivity index is 1.87. The van der Waals surface area contributed by atoms with Gasteiger partial charge < -0.3 is 20.9 Å². The van der Waals surface area contributed by atoms with Crippen LogP contribution in [-0.4, -0.2) is 64.9 Å². The second-order valence-corrected chi connectivity index (χ2v) is 10.2. The van der Waals surface area contributed by atoms with Crippen LogP contribution in [0.4, 0.5) is 0 Å². The molecule has 0 aromatic heterocycles. The molecule has 2 fully saturated rings. The maximum absolute atomic E-state index is 13.3. The molecular formula is C22H40N4O2S. The Morgan fingerprint density at radius 3 is 2.52 bits per heavy atom. The minimum absolute atomic E-state index is 0.0758. The maximum atomic E-state index is 13.3. The number of nitrogens with two attached hydrogens (primary N) is 1. The van der Waals surface area contributed by atoms with E-state index in [4.69, 9.17) is 18.0 Å². The highest BCUT2D eigenvalue weighted by Crippen LogP contribution is 2.28. The monoisotopic (exact) mass is 424 g/mol. The summed E-state index contributed by atoms with van der Waals surface area (Å²) < 4.78 is 0. The van der Waals surface area contributed by atoms with Gasteiger partial charge in [-0.15, -0.1) is 0 Å². The number of hydrogen-bond acceptors (Lipinski definition) is 4. The quantitative estimate of drug-likeness (QED) is 0.557. The highest BCUT2D eigenvalue weighted by Gasteiger charge is 2.39. The van der Waals surface area contributed by atoms with Crippen molar-refractivity contribution in [3.63, 3.8) is 0 Å². The van der Waals surface area contributed by atoms with E-state index in [1.54, 1.807) is 0 Å². The lowest BCUT2D eigenvalue weighted by molar-refractivity contribution is -0.140. The molecule has 2 amide bonds. The molecule has 2 heterocycles. The van der Waals surface area contributed by atoms with Crippen molar-refractivity contribution in [3.05, 3.63) is 0 Å². The van der Waals surface area contributed by atoms with E-state index < -0.39 is 6.04 Å². The number of rotatable bonds is 9. The molecule has 29 heavy (non-hydrogen) atoms. The van der Waals surface area contributed by atoms with Crippen LogP contribution < -0.4 is 11.1 Å². The average Bonchev–Trinajstić information content (AvgIpc) is 3.10. The fourth-order valence-corrected chi connectivity index (χ4v) is 4.48. The first kappa shape index (κ1) is 24.1. The Morgan fingerprint density at radius 2 is 1.93 bits per heavy atom. The van der Waals surface area contributed by atoms with E-state index in [1.165, 1.54) is 19.3 Å². The van der Waals surface area contributed by atoms with Gasteiger partial charge in [0.1, 0.15) is 6.04 Å². The summed E-state index contributed by atoms with van der Waals surface area (Å²) in [4.78, 5) is 30.3. The Hall–Kier alpha value is -1.21. The molecular weight excluding hydrogens is 384 g/mol. The molecule has 2 saturated heterocycles. The molecule has 0 radical (unpaired) electrons. The maximum Gasteiger partial charge on any atom is 0.245 e. The third kappa shape index (κ3) is 6.64. The van der Waals surface area contributed by atoms with E-state index in [0.717, 1.165) is 38.9 Å². The van der Waals surface area contributed by atoms with Gasteiger partial charge in [0, 0.05) is 38.6 Å². The minimum atomic E-state index is -0.399. The topological polar surface area (TPSA) is 78.7 Å². The lowest BCUT2D eigenvalue weighted by Crippen LogP contribution is -2.56. The fourth-order valence-electron chi connectivity index (χ4n) is 4.36. The lowest BCUT2D eigenvalue weighted by atomic mass is 9.85. The van der Waals surface area contributed by atoms with Crippen LogP contribution in [0.1, 0.15) is 72.6 Å². The Kier molecular flexibility index (Phi) is 8.89. The van der Waals surface area contributed by atoms with Gasteiger partial charge in [-0.2, -0.15) is 0 Å². The van der Waals surface area contributed by atoms with Crippen molar-refractivity contribution in [2.24, 2.45) is 17.1 Å². The van der Waals surface area contributed by atoms with Gasteiger partial charge in [-0.05, 0) is 37.0 Å². The smallest absolute Gasteiger partial charge is 0.245 e. The average molecular weight is 425 g/mol. The SMILES string of the molecule is CCCCC1CN(C(=O)CC[C@H]2CCCN2C(=O)[C@@H](NC(=S)CN)C(C)(C)C)C1. The molecule has 0 bridgehead atoms. The molecule has 2 aliphatic heterocycles. The van der Waals surface area contributed by atoms with Gasteiger partial charge >= 0.3 is 0 Å². The van der Waals surface area contributed by atoms with E-state index in [1.807, 2.05) is 30.6 Å². The van der Waals surface area contributed by atoms with Crippen LogP contribution in [-0.2, 0) is 9.59 Å². The molecule has 0 unspecified atom stereocenters. The van der Waals surface area contributed by atoms with E-state index in [0.29, 0.717) is 17.3 Å². The summed E-state index contributed by atoms with van der Waals surface area (Å²) >= 11 is 5.24. The second-order valence-electron chi connectivity index (χ2n) is 9.74. The summed E-state index contributed by atoms with van der Waals surface area (Å²) in [6.45, 7) is 11.1. The van der Waals surface area contributed by atoms with E-state index in [2.05, 4.69) is 12.2 Å². The number of thiocarbonyl (C=S) groups is 1. The number of hydrogen-bond donors (Lipinski definition) is 2. The molecule has 0 saturated carbocycles. The molecule has 0 aromatic rings. The standard InChI is InChI=1S/C22H40N4O2S/c1-5-6-8-16-14-25(15-16)19(27)11-10-17-9-7-12-26(17)21(28)20(22(2,3)4)24-18(29)13-23/h16-17,20H,5-15,23H2,1-4H3,(H,24,29)/t17-,20-/m1/s1. The van der Waals surface area contributed by atoms with Crippen LogP contribution in [0, 0.1) is 11.3 Å². The van der Waals surface area contributed by atoms with Crippen LogP contribution in [0.15, 0.2) is 0 Å². The third-order valence-corrected chi connectivity index (χ3v) is 6.52. The first-order chi connectivity index (χ1) is 13.7. The van der Waals surface area contributed by atoms with Crippen LogP contribution in [0.25, 0.3) is 0 Å². The predicted octanol–water partition coefficient (Wildman–Crippen LogP) is 2.70. The summed E-state index contributed by atoms with van der Waals surface area (Å²) in [5.74, 6) is 1.01. The number of nitrogens with one attached hydrogen (secondary N) is 1. The van der Waals surface area contributed by atoms with Gasteiger partial charge in [0.05, 0.1) is 4.99 Å². The Bertz CT molecular complexity index is 584. The first-order valence-corrected chi connectivity index (χ1v) is 11.7. The largest absolute Gasteiger partial charge is 0.367 e. The van der Waals surface area contributed by atoms with E-state index in [-0.39, 0.29) is 29.8 Å². The zero-order valence-electron chi connectivity index (χ0n) is 18.7. The van der Waals surface area contributed by atoms with E-state index >= 15 is 0 Å². The molecule has 7 heteroatoms. The van der Waals surface area contributed by atoms with Gasteiger partial charge in [0.15, 0.2) is 0 Å². The molecule has 0 aliphatic carbocycles. The van der Waals surface area contributed by atoms with Gasteiger partial charge in [0.2, 0.25) is 11.8 Å². The van der Waals surface area contributed by atoms with Gasteiger partial charge in [-0.3, -0.25) is 9.59 Å². The number of likely N-dealkylation sites (tertiary alicyclic amines) is 2. The van der Waals surface area contributed by atoms with Crippen molar-refractivity contribution in [1.29, 1.82) is 0 Å². The number of unbranched alkanes of at least 4 members (excludes halogenated alkanes) is 1. The second kappa shape index (κ2) is 10.7. The normalized spacial score (nSPS) is 21.1. The Morgan fingerprint density at radius 1 is 1.24 bits per heavy atom. The van der Waals surface area contributed by atoms with Crippen molar-refractivity contribution in [2.75, 3.05) is 26.2 Å².